The summed E-state index contributed by atoms with van der Waals surface area (Å²) in [5.41, 5.74) is 0.404. The number of hydrogen-bond acceptors (Lipinski definition) is 4. The lowest BCUT2D eigenvalue weighted by atomic mass is 10.3. The van der Waals surface area contributed by atoms with Gasteiger partial charge < -0.3 is 20.3 Å². The van der Waals surface area contributed by atoms with Crippen LogP contribution >= 0.6 is 0 Å². The van der Waals surface area contributed by atoms with Gasteiger partial charge in [0, 0.05) is 0 Å². The van der Waals surface area contributed by atoms with Gasteiger partial charge in [-0.3, -0.25) is 0 Å². The highest BCUT2D eigenvalue weighted by Gasteiger charge is 1.94. The molecule has 1 rings (SSSR count). The molecular weight excluding hydrogens is 160 g/mol. The Morgan fingerprint density at radius 2 is 2.42 bits per heavy atom. The number of carbonyl (C=O) groups excluding carboxylic acids is 1. The molecule has 0 aliphatic carbocycles. The zero-order valence-corrected chi connectivity index (χ0v) is 6.15. The largest absolute Gasteiger partial charge is 0.530 e. The number of nitrogens with one attached hydrogen (secondary N) is 1. The zero-order chi connectivity index (χ0) is 8.97. The summed E-state index contributed by atoms with van der Waals surface area (Å²) in [4.78, 5) is 13.8. The van der Waals surface area contributed by atoms with E-state index in [0.29, 0.717) is 5.69 Å². The Morgan fingerprint density at radius 1 is 1.67 bits per heavy atom. The molecule has 0 saturated carbocycles. The first kappa shape index (κ1) is 8.48. The smallest absolute Gasteiger partial charge is 0.140 e. The summed E-state index contributed by atoms with van der Waals surface area (Å²) in [6.07, 6.45) is -1.42. The molecule has 0 atom stereocenters. The van der Waals surface area contributed by atoms with Crippen LogP contribution in [0.25, 0.3) is 0 Å². The van der Waals surface area contributed by atoms with E-state index in [4.69, 9.17) is 5.11 Å². The first-order valence-electron chi connectivity index (χ1n) is 3.27. The summed E-state index contributed by atoms with van der Waals surface area (Å²) in [6, 6.07) is 4.64. The Labute approximate surface area is 68.7 Å². The van der Waals surface area contributed by atoms with E-state index < -0.39 is 6.09 Å². The lowest BCUT2D eigenvalue weighted by Gasteiger charge is -2.05. The molecule has 0 spiro atoms. The van der Waals surface area contributed by atoms with Gasteiger partial charge in [-0.25, -0.2) is 4.98 Å². The maximum Gasteiger partial charge on any atom is 0.140 e. The number of nitrogens with zero attached hydrogens (tertiary/aromatic N) is 1. The molecular formula is C7H7N2O3-. The van der Waals surface area contributed by atoms with Crippen LogP contribution in [0.4, 0.5) is 10.6 Å². The molecule has 0 unspecified atom stereocenters. The molecule has 0 aliphatic rings. The first-order chi connectivity index (χ1) is 5.72. The van der Waals surface area contributed by atoms with Crippen LogP contribution in [-0.2, 0) is 6.61 Å². The third-order valence-corrected chi connectivity index (χ3v) is 1.20. The van der Waals surface area contributed by atoms with Crippen molar-refractivity contribution in [2.75, 3.05) is 5.32 Å². The topological polar surface area (TPSA) is 85.3 Å². The lowest BCUT2D eigenvalue weighted by molar-refractivity contribution is -0.242. The number of carboxylic acid groups (broad SMARTS) is 1. The molecule has 0 fully saturated rings. The van der Waals surface area contributed by atoms with E-state index >= 15 is 0 Å². The Bertz CT molecular complexity index is 288. The summed E-state index contributed by atoms with van der Waals surface area (Å²) in [5.74, 6) is 0.154. The second-order valence-electron chi connectivity index (χ2n) is 2.08. The molecule has 1 aromatic heterocycles. The number of rotatable bonds is 2. The SMILES string of the molecule is O=C([O-])Nc1cccc(CO)n1. The van der Waals surface area contributed by atoms with Crippen LogP contribution in [0.2, 0.25) is 0 Å². The summed E-state index contributed by atoms with van der Waals surface area (Å²) in [7, 11) is 0. The highest BCUT2D eigenvalue weighted by Crippen LogP contribution is 2.03. The molecule has 0 radical (unpaired) electrons. The standard InChI is InChI=1S/C7H8N2O3/c10-4-5-2-1-3-6(8-5)9-7(11)12/h1-3,10H,4H2,(H,8,9)(H,11,12)/p-1. The van der Waals surface area contributed by atoms with Gasteiger partial charge in [0.1, 0.15) is 11.9 Å². The normalized spacial score (nSPS) is 9.42. The molecule has 5 nitrogen and oxygen atoms in total. The Balaban J connectivity index is 2.79. The Hall–Kier alpha value is -1.62. The molecule has 0 aromatic carbocycles. The zero-order valence-electron chi connectivity index (χ0n) is 6.15. The molecule has 2 N–H and O–H groups in total. The van der Waals surface area contributed by atoms with E-state index in [9.17, 15) is 9.90 Å². The number of aromatic nitrogens is 1. The van der Waals surface area contributed by atoms with Gasteiger partial charge in [0.2, 0.25) is 0 Å². The molecule has 5 heteroatoms. The fourth-order valence-electron chi connectivity index (χ4n) is 0.742. The number of aliphatic hydroxyl groups is 1. The van der Waals surface area contributed by atoms with Crippen molar-refractivity contribution < 1.29 is 15.0 Å². The van der Waals surface area contributed by atoms with Crippen LogP contribution in [0.3, 0.4) is 0 Å². The number of aliphatic hydroxyl groups excluding tert-OH is 1. The molecule has 64 valence electrons. The van der Waals surface area contributed by atoms with E-state index in [1.54, 1.807) is 12.1 Å². The number of anilines is 1. The maximum atomic E-state index is 10.0. The molecule has 0 bridgehead atoms. The molecule has 1 amide bonds. The molecule has 0 aliphatic heterocycles. The lowest BCUT2D eigenvalue weighted by Crippen LogP contribution is -2.29. The van der Waals surface area contributed by atoms with Crippen LogP contribution in [0, 0.1) is 0 Å². The second-order valence-corrected chi connectivity index (χ2v) is 2.08. The summed E-state index contributed by atoms with van der Waals surface area (Å²) in [5, 5.41) is 20.6. The molecule has 12 heavy (non-hydrogen) atoms. The highest BCUT2D eigenvalue weighted by molar-refractivity contribution is 5.79. The summed E-state index contributed by atoms with van der Waals surface area (Å²) in [6.45, 7) is -0.220. The predicted molar refractivity (Wildman–Crippen MR) is 39.2 cm³/mol. The van der Waals surface area contributed by atoms with Crippen molar-refractivity contribution in [1.82, 2.24) is 4.98 Å². The number of pyridine rings is 1. The van der Waals surface area contributed by atoms with Crippen molar-refractivity contribution in [2.45, 2.75) is 6.61 Å². The number of carbonyl (C=O) groups is 1. The Kier molecular flexibility index (Phi) is 2.60. The van der Waals surface area contributed by atoms with Gasteiger partial charge in [-0.2, -0.15) is 0 Å². The van der Waals surface area contributed by atoms with Gasteiger partial charge >= 0.3 is 0 Å². The van der Waals surface area contributed by atoms with Crippen molar-refractivity contribution in [3.63, 3.8) is 0 Å². The second kappa shape index (κ2) is 3.68. The molecule has 1 heterocycles. The average Bonchev–Trinajstić information content (AvgIpc) is 2.03. The van der Waals surface area contributed by atoms with Gasteiger partial charge in [-0.15, -0.1) is 0 Å². The fraction of sp³-hybridized carbons (Fsp3) is 0.143. The van der Waals surface area contributed by atoms with Crippen molar-refractivity contribution in [1.29, 1.82) is 0 Å². The molecule has 1 aromatic rings. The first-order valence-corrected chi connectivity index (χ1v) is 3.27. The van der Waals surface area contributed by atoms with Crippen molar-refractivity contribution in [3.8, 4) is 0 Å². The van der Waals surface area contributed by atoms with Gasteiger partial charge in [0.25, 0.3) is 0 Å². The minimum Gasteiger partial charge on any atom is -0.530 e. The monoisotopic (exact) mass is 167 g/mol. The Morgan fingerprint density at radius 3 is 3.00 bits per heavy atom. The third kappa shape index (κ3) is 2.21. The fourth-order valence-corrected chi connectivity index (χ4v) is 0.742. The third-order valence-electron chi connectivity index (χ3n) is 1.20. The highest BCUT2D eigenvalue weighted by atomic mass is 16.4. The van der Waals surface area contributed by atoms with E-state index in [1.807, 2.05) is 5.32 Å². The van der Waals surface area contributed by atoms with Gasteiger partial charge in [0.15, 0.2) is 0 Å². The quantitative estimate of drug-likeness (QED) is 0.611. The van der Waals surface area contributed by atoms with Crippen molar-refractivity contribution in [2.24, 2.45) is 0 Å². The van der Waals surface area contributed by atoms with Crippen LogP contribution in [0.5, 0.6) is 0 Å². The number of amides is 1. The van der Waals surface area contributed by atoms with Crippen LogP contribution in [-0.4, -0.2) is 16.2 Å². The summed E-state index contributed by atoms with van der Waals surface area (Å²) >= 11 is 0. The average molecular weight is 167 g/mol. The van der Waals surface area contributed by atoms with E-state index in [2.05, 4.69) is 4.98 Å². The minimum absolute atomic E-state index is 0.154. The van der Waals surface area contributed by atoms with E-state index in [0.717, 1.165) is 0 Å². The minimum atomic E-state index is -1.42. The molecule has 0 saturated heterocycles. The predicted octanol–water partition coefficient (Wildman–Crippen LogP) is -0.671. The number of hydrogen-bond donors (Lipinski definition) is 2. The van der Waals surface area contributed by atoms with Crippen molar-refractivity contribution >= 4 is 11.9 Å². The van der Waals surface area contributed by atoms with E-state index in [-0.39, 0.29) is 12.4 Å². The maximum absolute atomic E-state index is 10.0. The van der Waals surface area contributed by atoms with Crippen LogP contribution in [0.1, 0.15) is 5.69 Å². The van der Waals surface area contributed by atoms with Crippen LogP contribution in [0.15, 0.2) is 18.2 Å². The van der Waals surface area contributed by atoms with E-state index in [1.165, 1.54) is 6.07 Å². The van der Waals surface area contributed by atoms with Gasteiger partial charge in [-0.1, -0.05) is 6.07 Å². The van der Waals surface area contributed by atoms with Gasteiger partial charge in [-0.05, 0) is 12.1 Å². The van der Waals surface area contributed by atoms with Crippen LogP contribution < -0.4 is 10.4 Å². The van der Waals surface area contributed by atoms with Gasteiger partial charge in [0.05, 0.1) is 12.3 Å². The van der Waals surface area contributed by atoms with Crippen molar-refractivity contribution in [3.05, 3.63) is 23.9 Å². The summed E-state index contributed by atoms with van der Waals surface area (Å²) < 4.78 is 0.